The molecule has 1 aromatic carbocycles. The van der Waals surface area contributed by atoms with Gasteiger partial charge in [-0.1, -0.05) is 6.07 Å². The number of carboxylic acids is 2. The van der Waals surface area contributed by atoms with Crippen molar-refractivity contribution in [3.05, 3.63) is 23.8 Å². The van der Waals surface area contributed by atoms with Crippen LogP contribution in [0.2, 0.25) is 0 Å². The molecule has 0 spiro atoms. The molecule has 2 rings (SSSR count). The third-order valence-corrected chi connectivity index (χ3v) is 3.43. The third-order valence-electron chi connectivity index (χ3n) is 3.43. The first-order chi connectivity index (χ1) is 11.2. The van der Waals surface area contributed by atoms with Crippen LogP contribution < -0.4 is 4.74 Å². The van der Waals surface area contributed by atoms with Crippen molar-refractivity contribution < 1.29 is 49.7 Å². The number of carboxylic acid groups (broad SMARTS) is 2. The van der Waals surface area contributed by atoms with Gasteiger partial charge in [0, 0.05) is 0 Å². The average Bonchev–Trinajstić information content (AvgIpc) is 2.49. The Kier molecular flexibility index (Phi) is 5.24. The predicted octanol–water partition coefficient (Wildman–Crippen LogP) is -1.71. The Bertz CT molecular complexity index is 630. The van der Waals surface area contributed by atoms with E-state index in [9.17, 15) is 30.0 Å². The van der Waals surface area contributed by atoms with E-state index in [0.717, 1.165) is 6.07 Å². The van der Waals surface area contributed by atoms with Crippen LogP contribution >= 0.6 is 0 Å². The smallest absolute Gasteiger partial charge is 0.335 e. The maximum absolute atomic E-state index is 11.0. The SMILES string of the molecule is O=C(O)Cc1ccc(OC2OC(C(=O)O)C(O)C(O)C2O)c(O)c1. The summed E-state index contributed by atoms with van der Waals surface area (Å²) in [6.45, 7) is 0. The maximum Gasteiger partial charge on any atom is 0.335 e. The van der Waals surface area contributed by atoms with Crippen molar-refractivity contribution in [3.63, 3.8) is 0 Å². The van der Waals surface area contributed by atoms with E-state index < -0.39 is 48.4 Å². The second-order valence-corrected chi connectivity index (χ2v) is 5.23. The first kappa shape index (κ1) is 17.9. The van der Waals surface area contributed by atoms with Crippen LogP contribution in [-0.2, 0) is 20.7 Å². The summed E-state index contributed by atoms with van der Waals surface area (Å²) in [6.07, 6.45) is -9.29. The molecule has 132 valence electrons. The highest BCUT2D eigenvalue weighted by atomic mass is 16.7. The Labute approximate surface area is 135 Å². The van der Waals surface area contributed by atoms with Gasteiger partial charge in [0.15, 0.2) is 17.6 Å². The summed E-state index contributed by atoms with van der Waals surface area (Å²) in [7, 11) is 0. The van der Waals surface area contributed by atoms with Crippen molar-refractivity contribution in [2.75, 3.05) is 0 Å². The molecule has 24 heavy (non-hydrogen) atoms. The van der Waals surface area contributed by atoms with Crippen LogP contribution in [0, 0.1) is 0 Å². The van der Waals surface area contributed by atoms with Crippen molar-refractivity contribution in [1.29, 1.82) is 0 Å². The van der Waals surface area contributed by atoms with Gasteiger partial charge in [0.1, 0.15) is 18.3 Å². The highest BCUT2D eigenvalue weighted by Gasteiger charge is 2.48. The third kappa shape index (κ3) is 3.74. The molecular weight excluding hydrogens is 328 g/mol. The molecule has 0 bridgehead atoms. The molecule has 5 unspecified atom stereocenters. The number of rotatable bonds is 5. The number of aliphatic hydroxyl groups excluding tert-OH is 3. The van der Waals surface area contributed by atoms with E-state index in [1.54, 1.807) is 0 Å². The summed E-state index contributed by atoms with van der Waals surface area (Å²) in [6, 6.07) is 3.67. The summed E-state index contributed by atoms with van der Waals surface area (Å²) in [5, 5.41) is 56.5. The van der Waals surface area contributed by atoms with Gasteiger partial charge < -0.3 is 40.1 Å². The van der Waals surface area contributed by atoms with Crippen molar-refractivity contribution >= 4 is 11.9 Å². The van der Waals surface area contributed by atoms with E-state index in [4.69, 9.17) is 19.7 Å². The van der Waals surface area contributed by atoms with Gasteiger partial charge in [-0.15, -0.1) is 0 Å². The van der Waals surface area contributed by atoms with Crippen molar-refractivity contribution in [2.24, 2.45) is 0 Å². The van der Waals surface area contributed by atoms with Gasteiger partial charge >= 0.3 is 11.9 Å². The normalized spacial score (nSPS) is 29.9. The molecule has 5 atom stereocenters. The highest BCUT2D eigenvalue weighted by Crippen LogP contribution is 2.31. The van der Waals surface area contributed by atoms with E-state index in [1.807, 2.05) is 0 Å². The summed E-state index contributed by atoms with van der Waals surface area (Å²) < 4.78 is 10.1. The van der Waals surface area contributed by atoms with E-state index in [2.05, 4.69) is 0 Å². The van der Waals surface area contributed by atoms with Crippen molar-refractivity contribution in [2.45, 2.75) is 37.1 Å². The minimum Gasteiger partial charge on any atom is -0.504 e. The van der Waals surface area contributed by atoms with Crippen LogP contribution in [0.15, 0.2) is 18.2 Å². The second kappa shape index (κ2) is 7.01. The number of hydrogen-bond acceptors (Lipinski definition) is 8. The van der Waals surface area contributed by atoms with Gasteiger partial charge in [0.2, 0.25) is 6.29 Å². The average molecular weight is 344 g/mol. The number of hydrogen-bond donors (Lipinski definition) is 6. The van der Waals surface area contributed by atoms with E-state index in [0.29, 0.717) is 0 Å². The first-order valence-corrected chi connectivity index (χ1v) is 6.83. The molecule has 1 fully saturated rings. The number of benzene rings is 1. The number of aliphatic carboxylic acids is 2. The Morgan fingerprint density at radius 1 is 1.08 bits per heavy atom. The molecule has 10 nitrogen and oxygen atoms in total. The minimum absolute atomic E-state index is 0.221. The molecule has 6 N–H and O–H groups in total. The van der Waals surface area contributed by atoms with Gasteiger partial charge in [-0.25, -0.2) is 4.79 Å². The number of ether oxygens (including phenoxy) is 2. The van der Waals surface area contributed by atoms with Gasteiger partial charge in [-0.2, -0.15) is 0 Å². The van der Waals surface area contributed by atoms with E-state index in [-0.39, 0.29) is 17.7 Å². The molecule has 1 saturated heterocycles. The monoisotopic (exact) mass is 344 g/mol. The molecule has 10 heteroatoms. The Morgan fingerprint density at radius 2 is 1.75 bits per heavy atom. The molecule has 1 aliphatic rings. The zero-order valence-corrected chi connectivity index (χ0v) is 12.1. The number of aromatic hydroxyl groups is 1. The summed E-state index contributed by atoms with van der Waals surface area (Å²) in [4.78, 5) is 21.6. The summed E-state index contributed by atoms with van der Waals surface area (Å²) in [5.74, 6) is -3.35. The lowest BCUT2D eigenvalue weighted by Crippen LogP contribution is -2.61. The Hall–Kier alpha value is -2.40. The molecule has 0 saturated carbocycles. The lowest BCUT2D eigenvalue weighted by atomic mass is 9.99. The van der Waals surface area contributed by atoms with E-state index >= 15 is 0 Å². The zero-order chi connectivity index (χ0) is 18.0. The van der Waals surface area contributed by atoms with Crippen LogP contribution in [0.25, 0.3) is 0 Å². The van der Waals surface area contributed by atoms with Crippen LogP contribution in [0.1, 0.15) is 5.56 Å². The summed E-state index contributed by atoms with van der Waals surface area (Å²) in [5.41, 5.74) is 0.288. The largest absolute Gasteiger partial charge is 0.504 e. The van der Waals surface area contributed by atoms with Crippen LogP contribution in [0.3, 0.4) is 0 Å². The first-order valence-electron chi connectivity index (χ1n) is 6.83. The molecule has 1 aliphatic heterocycles. The number of aliphatic hydroxyl groups is 3. The fourth-order valence-electron chi connectivity index (χ4n) is 2.22. The minimum atomic E-state index is -1.86. The zero-order valence-electron chi connectivity index (χ0n) is 12.1. The topological polar surface area (TPSA) is 174 Å². The molecule has 0 aliphatic carbocycles. The predicted molar refractivity (Wildman–Crippen MR) is 74.4 cm³/mol. The van der Waals surface area contributed by atoms with Crippen LogP contribution in [-0.4, -0.2) is 73.3 Å². The van der Waals surface area contributed by atoms with Gasteiger partial charge in [-0.05, 0) is 17.7 Å². The molecule has 1 heterocycles. The Morgan fingerprint density at radius 3 is 2.29 bits per heavy atom. The highest BCUT2D eigenvalue weighted by molar-refractivity contribution is 5.73. The van der Waals surface area contributed by atoms with Gasteiger partial charge in [0.25, 0.3) is 0 Å². The van der Waals surface area contributed by atoms with Gasteiger partial charge in [0.05, 0.1) is 6.42 Å². The second-order valence-electron chi connectivity index (χ2n) is 5.23. The van der Waals surface area contributed by atoms with Crippen LogP contribution in [0.5, 0.6) is 11.5 Å². The van der Waals surface area contributed by atoms with E-state index in [1.165, 1.54) is 12.1 Å². The number of carbonyl (C=O) groups is 2. The number of phenols is 1. The summed E-state index contributed by atoms with van der Waals surface area (Å²) >= 11 is 0. The van der Waals surface area contributed by atoms with Gasteiger partial charge in [-0.3, -0.25) is 4.79 Å². The standard InChI is InChI=1S/C14H16O10/c15-6-3-5(4-8(16)17)1-2-7(6)23-14-11(20)9(18)10(19)12(24-14)13(21)22/h1-3,9-12,14-15,18-20H,4H2,(H,16,17)(H,21,22). The molecule has 0 aromatic heterocycles. The fourth-order valence-corrected chi connectivity index (χ4v) is 2.22. The number of phenolic OH excluding ortho intramolecular Hbond substituents is 1. The molecule has 0 amide bonds. The fraction of sp³-hybridized carbons (Fsp3) is 0.429. The Balaban J connectivity index is 2.17. The maximum atomic E-state index is 11.0. The lowest BCUT2D eigenvalue weighted by Gasteiger charge is -2.38. The van der Waals surface area contributed by atoms with Crippen molar-refractivity contribution in [3.8, 4) is 11.5 Å². The quantitative estimate of drug-likeness (QED) is 0.361. The molecular formula is C14H16O10. The van der Waals surface area contributed by atoms with Crippen LogP contribution in [0.4, 0.5) is 0 Å². The van der Waals surface area contributed by atoms with Crippen molar-refractivity contribution in [1.82, 2.24) is 0 Å². The lowest BCUT2D eigenvalue weighted by molar-refractivity contribution is -0.271. The molecule has 1 aromatic rings. The molecule has 0 radical (unpaired) electrons.